The van der Waals surface area contributed by atoms with Gasteiger partial charge < -0.3 is 9.72 Å². The molecule has 3 heterocycles. The number of nitrogens with one attached hydrogen (secondary N) is 1. The van der Waals surface area contributed by atoms with Crippen LogP contribution >= 0.6 is 0 Å². The summed E-state index contributed by atoms with van der Waals surface area (Å²) in [5, 5.41) is 0. The molecule has 5 rings (SSSR count). The van der Waals surface area contributed by atoms with E-state index in [9.17, 15) is 0 Å². The third-order valence-corrected chi connectivity index (χ3v) is 4.63. The van der Waals surface area contributed by atoms with Crippen LogP contribution in [0.4, 0.5) is 0 Å². The predicted molar refractivity (Wildman–Crippen MR) is 105 cm³/mol. The van der Waals surface area contributed by atoms with Crippen molar-refractivity contribution in [3.8, 4) is 28.5 Å². The molecule has 0 saturated heterocycles. The second kappa shape index (κ2) is 5.95. The van der Waals surface area contributed by atoms with E-state index in [0.29, 0.717) is 5.78 Å². The minimum absolute atomic E-state index is 0.634. The van der Waals surface area contributed by atoms with Crippen molar-refractivity contribution in [1.29, 1.82) is 0 Å². The zero-order valence-electron chi connectivity index (χ0n) is 15.0. The van der Waals surface area contributed by atoms with Gasteiger partial charge in [0.25, 0.3) is 0 Å². The Kier molecular flexibility index (Phi) is 3.43. The van der Waals surface area contributed by atoms with Gasteiger partial charge in [-0.1, -0.05) is 6.07 Å². The molecule has 132 valence electrons. The van der Waals surface area contributed by atoms with Crippen LogP contribution in [0.2, 0.25) is 0 Å². The number of imidazole rings is 2. The van der Waals surface area contributed by atoms with E-state index < -0.39 is 0 Å². The Labute approximate surface area is 155 Å². The third kappa shape index (κ3) is 2.54. The van der Waals surface area contributed by atoms with Crippen molar-refractivity contribution in [3.05, 3.63) is 66.5 Å². The lowest BCUT2D eigenvalue weighted by Gasteiger charge is -2.04. The van der Waals surface area contributed by atoms with Gasteiger partial charge in [0.15, 0.2) is 5.82 Å². The molecule has 0 atom stereocenters. The molecule has 0 bridgehead atoms. The van der Waals surface area contributed by atoms with E-state index in [0.717, 1.165) is 39.6 Å². The summed E-state index contributed by atoms with van der Waals surface area (Å²) in [6, 6.07) is 15.9. The van der Waals surface area contributed by atoms with Crippen molar-refractivity contribution in [2.24, 2.45) is 0 Å². The summed E-state index contributed by atoms with van der Waals surface area (Å²) in [4.78, 5) is 17.4. The van der Waals surface area contributed by atoms with Crippen LogP contribution < -0.4 is 4.74 Å². The summed E-state index contributed by atoms with van der Waals surface area (Å²) in [5.74, 6) is 2.21. The molecule has 0 spiro atoms. The first-order valence-electron chi connectivity index (χ1n) is 8.67. The lowest BCUT2D eigenvalue weighted by Crippen LogP contribution is -1.92. The number of aromatic nitrogens is 5. The summed E-state index contributed by atoms with van der Waals surface area (Å²) >= 11 is 0. The standard InChI is InChI=1S/C21H17N5O/c1-13-4-9-16-17(12-13)24-20(23-16)19-18(14-5-7-15(27-2)8-6-14)25-21-22-10-3-11-26(19)21/h3-12H,1-2H3,(H,23,24). The summed E-state index contributed by atoms with van der Waals surface area (Å²) in [5.41, 5.74) is 5.81. The highest BCUT2D eigenvalue weighted by molar-refractivity contribution is 5.84. The minimum Gasteiger partial charge on any atom is -0.497 e. The van der Waals surface area contributed by atoms with E-state index in [1.807, 2.05) is 47.0 Å². The van der Waals surface area contributed by atoms with Crippen LogP contribution in [0.25, 0.3) is 39.6 Å². The molecule has 3 aromatic heterocycles. The van der Waals surface area contributed by atoms with Crippen molar-refractivity contribution >= 4 is 16.8 Å². The van der Waals surface area contributed by atoms with Crippen molar-refractivity contribution in [2.75, 3.05) is 7.11 Å². The van der Waals surface area contributed by atoms with Gasteiger partial charge in [0.2, 0.25) is 5.78 Å². The maximum absolute atomic E-state index is 5.27. The first-order valence-corrected chi connectivity index (χ1v) is 8.67. The Morgan fingerprint density at radius 3 is 2.70 bits per heavy atom. The van der Waals surface area contributed by atoms with E-state index >= 15 is 0 Å². The van der Waals surface area contributed by atoms with Crippen LogP contribution in [0, 0.1) is 6.92 Å². The van der Waals surface area contributed by atoms with Crippen LogP contribution in [0.15, 0.2) is 60.9 Å². The topological polar surface area (TPSA) is 68.1 Å². The highest BCUT2D eigenvalue weighted by atomic mass is 16.5. The van der Waals surface area contributed by atoms with Gasteiger partial charge in [-0.25, -0.2) is 15.0 Å². The van der Waals surface area contributed by atoms with Crippen molar-refractivity contribution < 1.29 is 4.74 Å². The van der Waals surface area contributed by atoms with Crippen molar-refractivity contribution in [1.82, 2.24) is 24.3 Å². The van der Waals surface area contributed by atoms with Crippen LogP contribution in [-0.2, 0) is 0 Å². The Morgan fingerprint density at radius 2 is 1.89 bits per heavy atom. The molecule has 0 saturated carbocycles. The van der Waals surface area contributed by atoms with Crippen LogP contribution in [0.1, 0.15) is 5.56 Å². The first-order chi connectivity index (χ1) is 13.2. The number of aromatic amines is 1. The van der Waals surface area contributed by atoms with Gasteiger partial charge in [-0.15, -0.1) is 0 Å². The van der Waals surface area contributed by atoms with Gasteiger partial charge in [-0.2, -0.15) is 0 Å². The number of nitrogens with zero attached hydrogens (tertiary/aromatic N) is 4. The molecule has 0 aliphatic carbocycles. The van der Waals surface area contributed by atoms with E-state index in [2.05, 4.69) is 29.0 Å². The number of rotatable bonds is 3. The Morgan fingerprint density at radius 1 is 1.04 bits per heavy atom. The number of hydrogen-bond acceptors (Lipinski definition) is 4. The molecule has 0 unspecified atom stereocenters. The largest absolute Gasteiger partial charge is 0.497 e. The minimum atomic E-state index is 0.634. The molecule has 5 aromatic rings. The smallest absolute Gasteiger partial charge is 0.234 e. The number of ether oxygens (including phenoxy) is 1. The molecule has 6 heteroatoms. The molecular formula is C21H17N5O. The average Bonchev–Trinajstić information content (AvgIpc) is 3.28. The number of fused-ring (bicyclic) bond motifs is 2. The monoisotopic (exact) mass is 355 g/mol. The molecule has 0 aliphatic rings. The zero-order chi connectivity index (χ0) is 18.4. The SMILES string of the molecule is COc1ccc(-c2nc3ncccn3c2-c2nc3ccc(C)cc3[nH]2)cc1. The summed E-state index contributed by atoms with van der Waals surface area (Å²) in [6.45, 7) is 2.07. The number of hydrogen-bond donors (Lipinski definition) is 1. The summed E-state index contributed by atoms with van der Waals surface area (Å²) < 4.78 is 7.24. The van der Waals surface area contributed by atoms with Gasteiger partial charge in [0.05, 0.1) is 18.1 Å². The molecule has 0 fully saturated rings. The highest BCUT2D eigenvalue weighted by Gasteiger charge is 2.19. The van der Waals surface area contributed by atoms with Gasteiger partial charge >= 0.3 is 0 Å². The second-order valence-electron chi connectivity index (χ2n) is 6.43. The molecule has 6 nitrogen and oxygen atoms in total. The fourth-order valence-corrected chi connectivity index (χ4v) is 3.30. The summed E-state index contributed by atoms with van der Waals surface area (Å²) in [7, 11) is 1.66. The molecule has 0 amide bonds. The number of aryl methyl sites for hydroxylation is 1. The van der Waals surface area contributed by atoms with Crippen molar-refractivity contribution in [3.63, 3.8) is 0 Å². The van der Waals surface area contributed by atoms with E-state index in [1.165, 1.54) is 5.56 Å². The lowest BCUT2D eigenvalue weighted by molar-refractivity contribution is 0.415. The second-order valence-corrected chi connectivity index (χ2v) is 6.43. The third-order valence-electron chi connectivity index (χ3n) is 4.63. The first kappa shape index (κ1) is 15.6. The van der Waals surface area contributed by atoms with Gasteiger partial charge in [0.1, 0.15) is 17.1 Å². The normalized spacial score (nSPS) is 11.3. The maximum Gasteiger partial charge on any atom is 0.234 e. The van der Waals surface area contributed by atoms with E-state index in [-0.39, 0.29) is 0 Å². The Hall–Kier alpha value is -3.67. The van der Waals surface area contributed by atoms with Crippen LogP contribution in [0.3, 0.4) is 0 Å². The number of methoxy groups -OCH3 is 1. The fourth-order valence-electron chi connectivity index (χ4n) is 3.30. The van der Waals surface area contributed by atoms with Crippen molar-refractivity contribution in [2.45, 2.75) is 6.92 Å². The van der Waals surface area contributed by atoms with Gasteiger partial charge in [-0.3, -0.25) is 4.40 Å². The van der Waals surface area contributed by atoms with E-state index in [4.69, 9.17) is 14.7 Å². The lowest BCUT2D eigenvalue weighted by atomic mass is 10.1. The quantitative estimate of drug-likeness (QED) is 0.525. The molecule has 1 N–H and O–H groups in total. The molecule has 0 radical (unpaired) electrons. The number of benzene rings is 2. The highest BCUT2D eigenvalue weighted by Crippen LogP contribution is 2.32. The van der Waals surface area contributed by atoms with E-state index in [1.54, 1.807) is 13.3 Å². The molecule has 27 heavy (non-hydrogen) atoms. The average molecular weight is 355 g/mol. The Bertz CT molecular complexity index is 1270. The van der Waals surface area contributed by atoms with Crippen LogP contribution in [0.5, 0.6) is 5.75 Å². The van der Waals surface area contributed by atoms with Crippen LogP contribution in [-0.4, -0.2) is 31.4 Å². The fraction of sp³-hybridized carbons (Fsp3) is 0.0952. The maximum atomic E-state index is 5.27. The molecular weight excluding hydrogens is 338 g/mol. The van der Waals surface area contributed by atoms with Gasteiger partial charge in [-0.05, 0) is 55.0 Å². The zero-order valence-corrected chi connectivity index (χ0v) is 15.0. The van der Waals surface area contributed by atoms with Gasteiger partial charge in [0, 0.05) is 18.0 Å². The molecule has 0 aliphatic heterocycles. The predicted octanol–water partition coefficient (Wildman–Crippen LogP) is 4.26. The number of H-pyrrole nitrogens is 1. The molecule has 2 aromatic carbocycles. The Balaban J connectivity index is 1.78. The summed E-state index contributed by atoms with van der Waals surface area (Å²) in [6.07, 6.45) is 3.70.